The van der Waals surface area contributed by atoms with Crippen LogP contribution in [0.5, 0.6) is 0 Å². The maximum absolute atomic E-state index is 13.2. The van der Waals surface area contributed by atoms with Crippen LogP contribution in [0.4, 0.5) is 10.8 Å². The third kappa shape index (κ3) is 5.84. The zero-order chi connectivity index (χ0) is 31.7. The monoisotopic (exact) mass is 642 g/mol. The summed E-state index contributed by atoms with van der Waals surface area (Å²) in [5.74, 6) is -5.73. The number of rotatable bonds is 10. The van der Waals surface area contributed by atoms with E-state index in [2.05, 4.69) is 15.5 Å². The summed E-state index contributed by atoms with van der Waals surface area (Å²) in [6.45, 7) is -0.544. The molecule has 44 heavy (non-hydrogen) atoms. The molecule has 0 unspecified atom stereocenters. The molecule has 3 aliphatic heterocycles. The number of carboxylic acids is 3. The maximum atomic E-state index is 13.2. The van der Waals surface area contributed by atoms with Crippen LogP contribution >= 0.6 is 23.1 Å². The molecule has 5 rings (SSSR count). The molecule has 228 valence electrons. The zero-order valence-corrected chi connectivity index (χ0v) is 24.0. The van der Waals surface area contributed by atoms with Crippen molar-refractivity contribution < 1.29 is 48.9 Å². The van der Waals surface area contributed by atoms with E-state index in [-0.39, 0.29) is 39.3 Å². The van der Waals surface area contributed by atoms with Crippen LogP contribution in [0.15, 0.2) is 57.7 Å². The first kappa shape index (κ1) is 30.2. The van der Waals surface area contributed by atoms with Gasteiger partial charge in [-0.05, 0) is 42.3 Å². The van der Waals surface area contributed by atoms with E-state index in [1.54, 1.807) is 0 Å². The van der Waals surface area contributed by atoms with Gasteiger partial charge in [0.25, 0.3) is 17.7 Å². The first-order valence-corrected chi connectivity index (χ1v) is 14.6. The van der Waals surface area contributed by atoms with Crippen LogP contribution in [0.25, 0.3) is 0 Å². The molecule has 1 aromatic heterocycles. The summed E-state index contributed by atoms with van der Waals surface area (Å²) >= 11 is 2.17. The number of hydrogen-bond donors (Lipinski definition) is 5. The lowest BCUT2D eigenvalue weighted by atomic mass is 10.0. The SMILES string of the molecule is Nc1nc(C(=NOCC(=O)O)C(=O)N[C@@H]2C(=O)N3C(C(=O)O)=C(C=C4CCN(c5ccc(C(=O)O)cc5)C4=O)CS[C@H]23)cs1. The molecule has 2 saturated heterocycles. The molecule has 18 heteroatoms. The van der Waals surface area contributed by atoms with Crippen molar-refractivity contribution in [2.45, 2.75) is 17.8 Å². The van der Waals surface area contributed by atoms with Crippen molar-refractivity contribution in [1.82, 2.24) is 15.2 Å². The van der Waals surface area contributed by atoms with E-state index in [0.29, 0.717) is 24.2 Å². The largest absolute Gasteiger partial charge is 0.479 e. The van der Waals surface area contributed by atoms with Gasteiger partial charge in [0, 0.05) is 28.9 Å². The highest BCUT2D eigenvalue weighted by atomic mass is 32.2. The molecule has 0 saturated carbocycles. The van der Waals surface area contributed by atoms with E-state index < -0.39 is 53.5 Å². The fraction of sp³-hybridized carbons (Fsp3) is 0.231. The molecule has 4 heterocycles. The number of fused-ring (bicyclic) bond motifs is 1. The molecule has 2 aromatic rings. The minimum atomic E-state index is -1.39. The Morgan fingerprint density at radius 2 is 1.86 bits per heavy atom. The van der Waals surface area contributed by atoms with E-state index in [1.807, 2.05) is 0 Å². The summed E-state index contributed by atoms with van der Waals surface area (Å²) in [6.07, 6.45) is 1.75. The number of thioether (sulfide) groups is 1. The van der Waals surface area contributed by atoms with Gasteiger partial charge in [0.15, 0.2) is 10.8 Å². The number of benzene rings is 1. The fourth-order valence-electron chi connectivity index (χ4n) is 4.71. The molecule has 2 fully saturated rings. The number of carboxylic acid groups (broad SMARTS) is 3. The number of carbonyl (C=O) groups is 6. The number of hydrogen-bond acceptors (Lipinski definition) is 12. The van der Waals surface area contributed by atoms with Crippen molar-refractivity contribution in [3.8, 4) is 0 Å². The summed E-state index contributed by atoms with van der Waals surface area (Å²) in [5.41, 5.74) is 6.00. The number of nitrogens with zero attached hydrogens (tertiary/aromatic N) is 4. The first-order chi connectivity index (χ1) is 21.0. The van der Waals surface area contributed by atoms with Crippen LogP contribution in [-0.2, 0) is 28.8 Å². The Morgan fingerprint density at radius 3 is 2.48 bits per heavy atom. The highest BCUT2D eigenvalue weighted by molar-refractivity contribution is 8.00. The average Bonchev–Trinajstić information content (AvgIpc) is 3.58. The molecule has 3 aliphatic rings. The van der Waals surface area contributed by atoms with Crippen LogP contribution in [-0.4, -0.2) is 96.9 Å². The summed E-state index contributed by atoms with van der Waals surface area (Å²) in [6, 6.07) is 4.64. The Labute approximate surface area is 255 Å². The molecule has 0 spiro atoms. The van der Waals surface area contributed by atoms with Gasteiger partial charge in [-0.25, -0.2) is 19.4 Å². The first-order valence-electron chi connectivity index (χ1n) is 12.7. The lowest BCUT2D eigenvalue weighted by Gasteiger charge is -2.49. The molecule has 1 aromatic carbocycles. The van der Waals surface area contributed by atoms with Crippen molar-refractivity contribution in [2.24, 2.45) is 5.16 Å². The van der Waals surface area contributed by atoms with Crippen LogP contribution in [0.1, 0.15) is 22.5 Å². The average molecular weight is 643 g/mol. The predicted octanol–water partition coefficient (Wildman–Crippen LogP) is 0.331. The van der Waals surface area contributed by atoms with Crippen LogP contribution in [0, 0.1) is 0 Å². The molecule has 0 aliphatic carbocycles. The standard InChI is InChI=1S/C26H22N6O10S2/c27-26-28-15(10-44-26)17(30-42-8-16(33)34)20(35)29-18-22(37)32-19(25(40)41)13(9-43-23(18)32)7-12-5-6-31(21(12)36)14-3-1-11(2-4-14)24(38)39/h1-4,7,10,18,23H,5-6,8-9H2,(H2,27,28)(H,29,35)(H,33,34)(H,38,39)(H,40,41)/t18-,23-/m1/s1. The van der Waals surface area contributed by atoms with E-state index in [1.165, 1.54) is 52.4 Å². The Kier molecular flexibility index (Phi) is 8.36. The second-order valence-corrected chi connectivity index (χ2v) is 11.4. The molecular weight excluding hydrogens is 620 g/mol. The number of thiazole rings is 1. The highest BCUT2D eigenvalue weighted by Crippen LogP contribution is 2.41. The zero-order valence-electron chi connectivity index (χ0n) is 22.3. The second-order valence-electron chi connectivity index (χ2n) is 9.45. The van der Waals surface area contributed by atoms with Gasteiger partial charge in [-0.2, -0.15) is 0 Å². The summed E-state index contributed by atoms with van der Waals surface area (Å²) < 4.78 is 0. The quantitative estimate of drug-likeness (QED) is 0.102. The third-order valence-electron chi connectivity index (χ3n) is 6.71. The molecule has 6 N–H and O–H groups in total. The fourth-order valence-corrected chi connectivity index (χ4v) is 6.56. The summed E-state index contributed by atoms with van der Waals surface area (Å²) in [4.78, 5) is 84.7. The van der Waals surface area contributed by atoms with E-state index in [0.717, 1.165) is 16.2 Å². The van der Waals surface area contributed by atoms with E-state index in [9.17, 15) is 33.9 Å². The summed E-state index contributed by atoms with van der Waals surface area (Å²) in [7, 11) is 0. The number of nitrogen functional groups attached to an aromatic ring is 1. The van der Waals surface area contributed by atoms with Crippen molar-refractivity contribution in [1.29, 1.82) is 0 Å². The Morgan fingerprint density at radius 1 is 1.14 bits per heavy atom. The van der Waals surface area contributed by atoms with Gasteiger partial charge in [0.2, 0.25) is 6.61 Å². The molecule has 0 bridgehead atoms. The number of nitrogens with one attached hydrogen (secondary N) is 1. The third-order valence-corrected chi connectivity index (χ3v) is 8.69. The van der Waals surface area contributed by atoms with Gasteiger partial charge < -0.3 is 36.1 Å². The van der Waals surface area contributed by atoms with E-state index >= 15 is 0 Å². The lowest BCUT2D eigenvalue weighted by molar-refractivity contribution is -0.150. The van der Waals surface area contributed by atoms with Crippen molar-refractivity contribution >= 4 is 75.3 Å². The molecule has 16 nitrogen and oxygen atoms in total. The summed E-state index contributed by atoms with van der Waals surface area (Å²) in [5, 5.41) is 34.7. The molecular formula is C26H22N6O10S2. The highest BCUT2D eigenvalue weighted by Gasteiger charge is 2.54. The second kappa shape index (κ2) is 12.2. The van der Waals surface area contributed by atoms with Crippen molar-refractivity contribution in [3.05, 3.63) is 63.8 Å². The van der Waals surface area contributed by atoms with Crippen molar-refractivity contribution in [2.75, 3.05) is 29.5 Å². The predicted molar refractivity (Wildman–Crippen MR) is 155 cm³/mol. The lowest BCUT2D eigenvalue weighted by Crippen LogP contribution is -2.71. The number of allylic oxidation sites excluding steroid dienone is 1. The van der Waals surface area contributed by atoms with E-state index in [4.69, 9.17) is 20.8 Å². The van der Waals surface area contributed by atoms with Gasteiger partial charge in [0.05, 0.1) is 5.56 Å². The number of aliphatic carboxylic acids is 2. The molecule has 3 amide bonds. The molecule has 0 radical (unpaired) electrons. The minimum absolute atomic E-state index is 0.0107. The number of nitrogens with two attached hydrogens (primary N) is 1. The number of amides is 3. The molecule has 2 atom stereocenters. The number of aromatic carboxylic acids is 1. The number of oxime groups is 1. The van der Waals surface area contributed by atoms with Gasteiger partial charge >= 0.3 is 17.9 Å². The topological polar surface area (TPSA) is 242 Å². The normalized spacial score (nSPS) is 20.8. The van der Waals surface area contributed by atoms with Crippen LogP contribution in [0.3, 0.4) is 0 Å². The Balaban J connectivity index is 1.33. The van der Waals surface area contributed by atoms with Gasteiger partial charge in [-0.3, -0.25) is 19.3 Å². The van der Waals surface area contributed by atoms with Crippen molar-refractivity contribution in [3.63, 3.8) is 0 Å². The smallest absolute Gasteiger partial charge is 0.352 e. The van der Waals surface area contributed by atoms with Crippen LogP contribution < -0.4 is 16.0 Å². The number of aromatic nitrogens is 1. The Hall–Kier alpha value is -5.23. The van der Waals surface area contributed by atoms with Gasteiger partial charge in [-0.15, -0.1) is 23.1 Å². The maximum Gasteiger partial charge on any atom is 0.352 e. The van der Waals surface area contributed by atoms with Gasteiger partial charge in [-0.1, -0.05) is 5.16 Å². The number of anilines is 2. The van der Waals surface area contributed by atoms with Crippen LogP contribution in [0.2, 0.25) is 0 Å². The minimum Gasteiger partial charge on any atom is -0.479 e. The number of β-lactam (4-membered cyclic amide) rings is 1. The van der Waals surface area contributed by atoms with Gasteiger partial charge in [0.1, 0.15) is 22.8 Å². The number of carbonyl (C=O) groups excluding carboxylic acids is 3. The Bertz CT molecular complexity index is 1680.